The van der Waals surface area contributed by atoms with E-state index >= 15 is 0 Å². The van der Waals surface area contributed by atoms with E-state index < -0.39 is 0 Å². The van der Waals surface area contributed by atoms with Gasteiger partial charge in [-0.3, -0.25) is 0 Å². The van der Waals surface area contributed by atoms with Crippen LogP contribution in [0.1, 0.15) is 0 Å². The second kappa shape index (κ2) is 13.8. The van der Waals surface area contributed by atoms with Crippen LogP contribution in [0.3, 0.4) is 0 Å². The first-order valence-electron chi connectivity index (χ1n) is 18.3. The normalized spacial score (nSPS) is 11.3. The van der Waals surface area contributed by atoms with Crippen LogP contribution in [-0.4, -0.2) is 19.9 Å². The van der Waals surface area contributed by atoms with E-state index in [0.717, 1.165) is 60.8 Å². The lowest BCUT2D eigenvalue weighted by molar-refractivity contribution is 0.623. The topological polar surface area (TPSA) is 64.7 Å². The summed E-state index contributed by atoms with van der Waals surface area (Å²) in [5, 5.41) is 1.92. The molecule has 0 saturated heterocycles. The maximum absolute atomic E-state index is 6.54. The first kappa shape index (κ1) is 32.2. The van der Waals surface area contributed by atoms with Crippen LogP contribution in [-0.2, 0) is 0 Å². The fourth-order valence-electron chi connectivity index (χ4n) is 7.24. The predicted molar refractivity (Wildman–Crippen MR) is 223 cm³/mol. The highest BCUT2D eigenvalue weighted by atomic mass is 16.3. The van der Waals surface area contributed by atoms with Gasteiger partial charge in [-0.05, 0) is 57.0 Å². The number of fused-ring (bicyclic) bond motifs is 3. The molecule has 0 amide bonds. The molecule has 2 aromatic heterocycles. The number of rotatable bonds is 7. The Hall–Kier alpha value is -7.50. The van der Waals surface area contributed by atoms with Gasteiger partial charge in [0, 0.05) is 27.6 Å². The summed E-state index contributed by atoms with van der Waals surface area (Å²) >= 11 is 0. The molecule has 0 fully saturated rings. The van der Waals surface area contributed by atoms with Crippen molar-refractivity contribution in [2.24, 2.45) is 0 Å². The lowest BCUT2D eigenvalue weighted by Crippen LogP contribution is -2.01. The van der Waals surface area contributed by atoms with Crippen LogP contribution in [0.4, 0.5) is 0 Å². The highest BCUT2D eigenvalue weighted by Gasteiger charge is 2.20. The van der Waals surface area contributed by atoms with Gasteiger partial charge in [-0.15, -0.1) is 0 Å². The molecule has 0 unspecified atom stereocenters. The van der Waals surface area contributed by atoms with Gasteiger partial charge in [0.2, 0.25) is 5.89 Å². The zero-order valence-corrected chi connectivity index (χ0v) is 29.7. The summed E-state index contributed by atoms with van der Waals surface area (Å²) in [7, 11) is 0. The van der Waals surface area contributed by atoms with Crippen LogP contribution in [0.5, 0.6) is 0 Å². The molecule has 0 bridgehead atoms. The minimum absolute atomic E-state index is 0.555. The average molecular weight is 705 g/mol. The molecule has 0 spiro atoms. The second-order valence-corrected chi connectivity index (χ2v) is 13.4. The van der Waals surface area contributed by atoms with Crippen molar-refractivity contribution in [2.45, 2.75) is 0 Å². The first-order chi connectivity index (χ1) is 27.2. The van der Waals surface area contributed by atoms with Crippen LogP contribution in [0.2, 0.25) is 0 Å². The lowest BCUT2D eigenvalue weighted by Gasteiger charge is -2.13. The molecule has 0 saturated carbocycles. The van der Waals surface area contributed by atoms with Gasteiger partial charge < -0.3 is 4.42 Å². The van der Waals surface area contributed by atoms with E-state index in [9.17, 15) is 0 Å². The van der Waals surface area contributed by atoms with Crippen molar-refractivity contribution in [3.63, 3.8) is 0 Å². The predicted octanol–water partition coefficient (Wildman–Crippen LogP) is 12.8. The lowest BCUT2D eigenvalue weighted by atomic mass is 9.98. The molecule has 10 rings (SSSR count). The smallest absolute Gasteiger partial charge is 0.227 e. The van der Waals surface area contributed by atoms with E-state index in [2.05, 4.69) is 133 Å². The minimum Gasteiger partial charge on any atom is -0.435 e. The molecular formula is C50H32N4O. The fraction of sp³-hybridized carbons (Fsp3) is 0. The summed E-state index contributed by atoms with van der Waals surface area (Å²) in [5.74, 6) is 2.30. The molecule has 5 nitrogen and oxygen atoms in total. The zero-order chi connectivity index (χ0) is 36.6. The molecule has 0 N–H and O–H groups in total. The van der Waals surface area contributed by atoms with Gasteiger partial charge in [0.05, 0.1) is 0 Å². The monoisotopic (exact) mass is 704 g/mol. The van der Waals surface area contributed by atoms with Crippen LogP contribution in [0.25, 0.3) is 101 Å². The van der Waals surface area contributed by atoms with Crippen molar-refractivity contribution < 1.29 is 4.42 Å². The van der Waals surface area contributed by atoms with Gasteiger partial charge in [-0.25, -0.2) is 19.9 Å². The Balaban J connectivity index is 1.12. The Kier molecular flexibility index (Phi) is 8.08. The maximum Gasteiger partial charge on any atom is 0.227 e. The Morgan fingerprint density at radius 2 is 0.764 bits per heavy atom. The summed E-state index contributed by atoms with van der Waals surface area (Å²) in [5.41, 5.74) is 11.8. The average Bonchev–Trinajstić information content (AvgIpc) is 3.72. The quantitative estimate of drug-likeness (QED) is 0.165. The summed E-state index contributed by atoms with van der Waals surface area (Å²) < 4.78 is 6.54. The summed E-state index contributed by atoms with van der Waals surface area (Å²) in [6, 6.07) is 66.5. The van der Waals surface area contributed by atoms with Crippen molar-refractivity contribution in [3.05, 3.63) is 194 Å². The van der Waals surface area contributed by atoms with Gasteiger partial charge in [-0.2, -0.15) is 0 Å². The van der Waals surface area contributed by atoms with Gasteiger partial charge in [-0.1, -0.05) is 176 Å². The van der Waals surface area contributed by atoms with Gasteiger partial charge in [0.25, 0.3) is 0 Å². The Bertz CT molecular complexity index is 2940. The van der Waals surface area contributed by atoms with Crippen molar-refractivity contribution in [1.29, 1.82) is 0 Å². The zero-order valence-electron chi connectivity index (χ0n) is 29.7. The third-order valence-electron chi connectivity index (χ3n) is 10.0. The summed E-state index contributed by atoms with van der Waals surface area (Å²) in [6.07, 6.45) is 0. The number of aromatic nitrogens is 4. The minimum atomic E-state index is 0.555. The fourth-order valence-corrected chi connectivity index (χ4v) is 7.24. The SMILES string of the molecule is c1ccc(-c2ccc(-c3ccc(-c4nc(-c5ccccc5-c5ccccc5)nc(-c5cccc6ccc7nc(-c8ccccc8)oc7c56)n4)cc3)cc2)cc1. The number of oxazole rings is 1. The maximum atomic E-state index is 6.54. The third-order valence-corrected chi connectivity index (χ3v) is 10.0. The van der Waals surface area contributed by atoms with Crippen LogP contribution in [0.15, 0.2) is 199 Å². The molecule has 2 heterocycles. The van der Waals surface area contributed by atoms with Crippen molar-refractivity contribution in [2.75, 3.05) is 0 Å². The van der Waals surface area contributed by atoms with Crippen LogP contribution >= 0.6 is 0 Å². The van der Waals surface area contributed by atoms with Crippen LogP contribution < -0.4 is 0 Å². The highest BCUT2D eigenvalue weighted by molar-refractivity contribution is 6.10. The molecule has 55 heavy (non-hydrogen) atoms. The molecule has 10 aromatic rings. The van der Waals surface area contributed by atoms with E-state index in [1.807, 2.05) is 60.7 Å². The summed E-state index contributed by atoms with van der Waals surface area (Å²) in [6.45, 7) is 0. The first-order valence-corrected chi connectivity index (χ1v) is 18.3. The Morgan fingerprint density at radius 3 is 1.40 bits per heavy atom. The summed E-state index contributed by atoms with van der Waals surface area (Å²) in [4.78, 5) is 20.4. The highest BCUT2D eigenvalue weighted by Crippen LogP contribution is 2.38. The van der Waals surface area contributed by atoms with E-state index in [4.69, 9.17) is 24.4 Å². The number of benzene rings is 8. The van der Waals surface area contributed by atoms with Gasteiger partial charge in [0.15, 0.2) is 23.1 Å². The largest absolute Gasteiger partial charge is 0.435 e. The van der Waals surface area contributed by atoms with Crippen molar-refractivity contribution in [3.8, 4) is 79.0 Å². The third kappa shape index (κ3) is 6.14. The molecule has 0 aliphatic rings. The molecule has 0 radical (unpaired) electrons. The van der Waals surface area contributed by atoms with E-state index in [1.165, 1.54) is 11.1 Å². The molecule has 0 aliphatic heterocycles. The second-order valence-electron chi connectivity index (χ2n) is 13.4. The van der Waals surface area contributed by atoms with E-state index in [1.54, 1.807) is 0 Å². The van der Waals surface area contributed by atoms with Gasteiger partial charge >= 0.3 is 0 Å². The Labute approximate surface area is 318 Å². The van der Waals surface area contributed by atoms with E-state index in [0.29, 0.717) is 28.9 Å². The van der Waals surface area contributed by atoms with Gasteiger partial charge in [0.1, 0.15) is 5.52 Å². The van der Waals surface area contributed by atoms with Crippen molar-refractivity contribution >= 4 is 21.9 Å². The molecular weight excluding hydrogens is 673 g/mol. The number of hydrogen-bond donors (Lipinski definition) is 0. The number of nitrogens with zero attached hydrogens (tertiary/aromatic N) is 4. The Morgan fingerprint density at radius 1 is 0.291 bits per heavy atom. The molecule has 0 atom stereocenters. The van der Waals surface area contributed by atoms with E-state index in [-0.39, 0.29) is 0 Å². The molecule has 258 valence electrons. The van der Waals surface area contributed by atoms with Crippen molar-refractivity contribution in [1.82, 2.24) is 19.9 Å². The number of hydrogen-bond acceptors (Lipinski definition) is 5. The van der Waals surface area contributed by atoms with Crippen LogP contribution in [0, 0.1) is 0 Å². The standard InChI is InChI=1S/C50H32N4O/c1-4-13-33(14-5-1)34-23-25-35(26-24-34)36-27-29-39(30-28-36)47-52-48(42-21-11-10-20-41(42)37-15-6-2-7-16-37)54-49(53-47)43-22-12-19-38-31-32-44-46(45(38)43)55-50(51-44)40-17-8-3-9-18-40/h1-32H. The molecule has 8 aromatic carbocycles. The molecule has 5 heteroatoms. The molecule has 0 aliphatic carbocycles.